The largest absolute Gasteiger partial charge is 0.356 e. The summed E-state index contributed by atoms with van der Waals surface area (Å²) in [6, 6.07) is 10.7. The molecule has 1 saturated heterocycles. The van der Waals surface area contributed by atoms with Crippen LogP contribution in [0.25, 0.3) is 22.8 Å². The van der Waals surface area contributed by atoms with Gasteiger partial charge in [0.1, 0.15) is 5.82 Å². The Morgan fingerprint density at radius 3 is 2.69 bits per heavy atom. The normalized spacial score (nSPS) is 16.7. The fourth-order valence-corrected chi connectivity index (χ4v) is 3.13. The van der Waals surface area contributed by atoms with Crippen molar-refractivity contribution in [3.8, 4) is 22.8 Å². The third-order valence-corrected chi connectivity index (χ3v) is 4.56. The summed E-state index contributed by atoms with van der Waals surface area (Å²) < 4.78 is 32.3. The van der Waals surface area contributed by atoms with E-state index in [9.17, 15) is 8.78 Å². The highest BCUT2D eigenvalue weighted by molar-refractivity contribution is 6.30. The third kappa shape index (κ3) is 3.39. The summed E-state index contributed by atoms with van der Waals surface area (Å²) in [7, 11) is 0. The van der Waals surface area contributed by atoms with Crippen molar-refractivity contribution in [3.63, 3.8) is 0 Å². The summed E-state index contributed by atoms with van der Waals surface area (Å²) in [4.78, 5) is 10.6. The molecule has 26 heavy (non-hydrogen) atoms. The van der Waals surface area contributed by atoms with E-state index in [-0.39, 0.29) is 25.9 Å². The lowest BCUT2D eigenvalue weighted by Gasteiger charge is -2.33. The van der Waals surface area contributed by atoms with Gasteiger partial charge in [-0.1, -0.05) is 28.9 Å². The standard InChI is InChI=1S/C18H15ClF2N4O/c19-13-4-1-3-12(11-13)15-23-17(26-24-15)14-5-2-8-22-16(14)25-9-6-18(20,21)7-10-25/h1-5,8,11H,6-7,9-10H2. The molecule has 1 aliphatic rings. The zero-order valence-electron chi connectivity index (χ0n) is 13.7. The average molecular weight is 377 g/mol. The first-order valence-electron chi connectivity index (χ1n) is 8.20. The SMILES string of the molecule is FC1(F)CCN(c2ncccc2-c2nc(-c3cccc(Cl)c3)no2)CC1. The Hall–Kier alpha value is -2.54. The molecule has 3 heterocycles. The van der Waals surface area contributed by atoms with E-state index >= 15 is 0 Å². The van der Waals surface area contributed by atoms with Gasteiger partial charge in [0, 0.05) is 42.7 Å². The van der Waals surface area contributed by atoms with Gasteiger partial charge in [-0.2, -0.15) is 4.98 Å². The molecule has 4 rings (SSSR count). The van der Waals surface area contributed by atoms with Crippen molar-refractivity contribution in [1.82, 2.24) is 15.1 Å². The van der Waals surface area contributed by atoms with Crippen LogP contribution in [0.2, 0.25) is 5.02 Å². The zero-order valence-corrected chi connectivity index (χ0v) is 14.5. The number of halogens is 3. The number of anilines is 1. The van der Waals surface area contributed by atoms with Crippen LogP contribution in [0.3, 0.4) is 0 Å². The molecular weight excluding hydrogens is 362 g/mol. The molecule has 0 saturated carbocycles. The summed E-state index contributed by atoms with van der Waals surface area (Å²) in [6.45, 7) is 0.457. The van der Waals surface area contributed by atoms with Gasteiger partial charge in [0.25, 0.3) is 11.8 Å². The number of benzene rings is 1. The predicted octanol–water partition coefficient (Wildman–Crippen LogP) is 4.69. The Bertz CT molecular complexity index is 921. The van der Waals surface area contributed by atoms with Gasteiger partial charge in [0.15, 0.2) is 0 Å². The molecule has 8 heteroatoms. The van der Waals surface area contributed by atoms with Crippen LogP contribution in [-0.2, 0) is 0 Å². The molecule has 134 valence electrons. The average Bonchev–Trinajstić information content (AvgIpc) is 3.12. The van der Waals surface area contributed by atoms with E-state index in [1.54, 1.807) is 36.5 Å². The molecule has 5 nitrogen and oxygen atoms in total. The first-order chi connectivity index (χ1) is 12.5. The van der Waals surface area contributed by atoms with Crippen molar-refractivity contribution in [1.29, 1.82) is 0 Å². The Balaban J connectivity index is 1.65. The Morgan fingerprint density at radius 1 is 1.12 bits per heavy atom. The maximum Gasteiger partial charge on any atom is 0.261 e. The van der Waals surface area contributed by atoms with Crippen LogP contribution < -0.4 is 4.90 Å². The van der Waals surface area contributed by atoms with Crippen LogP contribution >= 0.6 is 11.6 Å². The van der Waals surface area contributed by atoms with Gasteiger partial charge in [-0.25, -0.2) is 13.8 Å². The lowest BCUT2D eigenvalue weighted by atomic mass is 10.1. The second kappa shape index (κ2) is 6.64. The van der Waals surface area contributed by atoms with Gasteiger partial charge in [0.2, 0.25) is 5.82 Å². The van der Waals surface area contributed by atoms with E-state index in [0.717, 1.165) is 5.56 Å². The minimum atomic E-state index is -2.62. The van der Waals surface area contributed by atoms with Crippen molar-refractivity contribution in [2.45, 2.75) is 18.8 Å². The van der Waals surface area contributed by atoms with Crippen LogP contribution in [0.4, 0.5) is 14.6 Å². The molecule has 0 aliphatic carbocycles. The number of rotatable bonds is 3. The Kier molecular flexibility index (Phi) is 4.32. The van der Waals surface area contributed by atoms with E-state index in [4.69, 9.17) is 16.1 Å². The highest BCUT2D eigenvalue weighted by atomic mass is 35.5. The van der Waals surface area contributed by atoms with Crippen molar-refractivity contribution in [3.05, 3.63) is 47.6 Å². The van der Waals surface area contributed by atoms with Crippen molar-refractivity contribution < 1.29 is 13.3 Å². The maximum atomic E-state index is 13.4. The molecule has 0 radical (unpaired) electrons. The second-order valence-electron chi connectivity index (χ2n) is 6.15. The van der Waals surface area contributed by atoms with Gasteiger partial charge in [-0.15, -0.1) is 0 Å². The quantitative estimate of drug-likeness (QED) is 0.664. The number of piperidine rings is 1. The fourth-order valence-electron chi connectivity index (χ4n) is 2.94. The van der Waals surface area contributed by atoms with Gasteiger partial charge < -0.3 is 9.42 Å². The predicted molar refractivity (Wildman–Crippen MR) is 94.4 cm³/mol. The van der Waals surface area contributed by atoms with Crippen LogP contribution in [0, 0.1) is 0 Å². The Morgan fingerprint density at radius 2 is 1.92 bits per heavy atom. The summed E-state index contributed by atoms with van der Waals surface area (Å²) in [5, 5.41) is 4.58. The molecule has 0 atom stereocenters. The summed E-state index contributed by atoms with van der Waals surface area (Å²) >= 11 is 6.00. The van der Waals surface area contributed by atoms with Crippen LogP contribution in [0.1, 0.15) is 12.8 Å². The number of hydrogen-bond acceptors (Lipinski definition) is 5. The number of aromatic nitrogens is 3. The van der Waals surface area contributed by atoms with Crippen molar-refractivity contribution >= 4 is 17.4 Å². The van der Waals surface area contributed by atoms with E-state index in [2.05, 4.69) is 15.1 Å². The van der Waals surface area contributed by atoms with Gasteiger partial charge >= 0.3 is 0 Å². The third-order valence-electron chi connectivity index (χ3n) is 4.32. The fraction of sp³-hybridized carbons (Fsp3) is 0.278. The number of alkyl halides is 2. The molecule has 0 amide bonds. The molecule has 1 aromatic carbocycles. The molecule has 3 aromatic rings. The molecule has 0 spiro atoms. The van der Waals surface area contributed by atoms with Gasteiger partial charge in [0.05, 0.1) is 5.56 Å². The van der Waals surface area contributed by atoms with Crippen molar-refractivity contribution in [2.24, 2.45) is 0 Å². The summed E-state index contributed by atoms with van der Waals surface area (Å²) in [5.74, 6) is -1.34. The first kappa shape index (κ1) is 16.9. The monoisotopic (exact) mass is 376 g/mol. The van der Waals surface area contributed by atoms with E-state index in [1.807, 2.05) is 11.0 Å². The minimum absolute atomic E-state index is 0.194. The van der Waals surface area contributed by atoms with Crippen LogP contribution in [-0.4, -0.2) is 34.1 Å². The molecule has 1 fully saturated rings. The second-order valence-corrected chi connectivity index (χ2v) is 6.59. The summed E-state index contributed by atoms with van der Waals surface area (Å²) in [5.41, 5.74) is 1.36. The van der Waals surface area contributed by atoms with E-state index < -0.39 is 5.92 Å². The van der Waals surface area contributed by atoms with Crippen molar-refractivity contribution in [2.75, 3.05) is 18.0 Å². The number of hydrogen-bond donors (Lipinski definition) is 0. The Labute approximate surface area is 153 Å². The van der Waals surface area contributed by atoms with Gasteiger partial charge in [-0.3, -0.25) is 0 Å². The molecule has 0 bridgehead atoms. The number of pyridine rings is 1. The van der Waals surface area contributed by atoms with Crippen LogP contribution in [0.5, 0.6) is 0 Å². The first-order valence-corrected chi connectivity index (χ1v) is 8.57. The number of nitrogens with zero attached hydrogens (tertiary/aromatic N) is 4. The molecule has 2 aromatic heterocycles. The molecular formula is C18H15ClF2N4O. The minimum Gasteiger partial charge on any atom is -0.356 e. The molecule has 0 N–H and O–H groups in total. The summed E-state index contributed by atoms with van der Waals surface area (Å²) in [6.07, 6.45) is 1.24. The smallest absolute Gasteiger partial charge is 0.261 e. The molecule has 0 unspecified atom stereocenters. The maximum absolute atomic E-state index is 13.4. The van der Waals surface area contributed by atoms with E-state index in [0.29, 0.717) is 28.1 Å². The highest BCUT2D eigenvalue weighted by Gasteiger charge is 2.35. The van der Waals surface area contributed by atoms with Crippen LogP contribution in [0.15, 0.2) is 47.1 Å². The van der Waals surface area contributed by atoms with E-state index in [1.165, 1.54) is 0 Å². The van der Waals surface area contributed by atoms with Gasteiger partial charge in [-0.05, 0) is 24.3 Å². The zero-order chi connectivity index (χ0) is 18.1. The lowest BCUT2D eigenvalue weighted by Crippen LogP contribution is -2.40. The molecule has 1 aliphatic heterocycles. The highest BCUT2D eigenvalue weighted by Crippen LogP contribution is 2.34. The lowest BCUT2D eigenvalue weighted by molar-refractivity contribution is -0.0221. The topological polar surface area (TPSA) is 55.1 Å².